The highest BCUT2D eigenvalue weighted by Crippen LogP contribution is 2.16. The molecular formula is C9H11ClN2O. The topological polar surface area (TPSA) is 58.6 Å². The smallest absolute Gasteiger partial charge is 0.143 e. The van der Waals surface area contributed by atoms with Crippen LogP contribution >= 0.6 is 11.6 Å². The van der Waals surface area contributed by atoms with E-state index in [0.29, 0.717) is 6.42 Å². The van der Waals surface area contributed by atoms with E-state index in [1.807, 2.05) is 19.1 Å². The van der Waals surface area contributed by atoms with Gasteiger partial charge in [0.05, 0.1) is 0 Å². The molecule has 13 heavy (non-hydrogen) atoms. The first-order chi connectivity index (χ1) is 6.13. The molecule has 0 spiro atoms. The highest BCUT2D eigenvalue weighted by Gasteiger charge is 1.99. The predicted molar refractivity (Wildman–Crippen MR) is 53.3 cm³/mol. The summed E-state index contributed by atoms with van der Waals surface area (Å²) < 4.78 is 0. The average molecular weight is 199 g/mol. The van der Waals surface area contributed by atoms with Crippen molar-refractivity contribution in [2.45, 2.75) is 13.3 Å². The fourth-order valence-corrected chi connectivity index (χ4v) is 1.18. The van der Waals surface area contributed by atoms with Gasteiger partial charge in [0.1, 0.15) is 5.84 Å². The van der Waals surface area contributed by atoms with Crippen LogP contribution in [0.25, 0.3) is 0 Å². The van der Waals surface area contributed by atoms with E-state index in [4.69, 9.17) is 22.5 Å². The van der Waals surface area contributed by atoms with Gasteiger partial charge in [-0.1, -0.05) is 28.9 Å². The average Bonchev–Trinajstić information content (AvgIpc) is 2.11. The number of rotatable bonds is 2. The Morgan fingerprint density at radius 2 is 2.31 bits per heavy atom. The number of oxime groups is 1. The van der Waals surface area contributed by atoms with E-state index in [9.17, 15) is 0 Å². The summed E-state index contributed by atoms with van der Waals surface area (Å²) >= 11 is 5.84. The van der Waals surface area contributed by atoms with Crippen LogP contribution in [0.2, 0.25) is 5.02 Å². The van der Waals surface area contributed by atoms with Crippen molar-refractivity contribution in [2.75, 3.05) is 0 Å². The molecule has 3 N–H and O–H groups in total. The summed E-state index contributed by atoms with van der Waals surface area (Å²) in [6.07, 6.45) is 0.439. The first-order valence-corrected chi connectivity index (χ1v) is 4.22. The first-order valence-electron chi connectivity index (χ1n) is 3.85. The van der Waals surface area contributed by atoms with Gasteiger partial charge in [0.15, 0.2) is 0 Å². The summed E-state index contributed by atoms with van der Waals surface area (Å²) in [6, 6.07) is 5.57. The van der Waals surface area contributed by atoms with Crippen LogP contribution in [0.1, 0.15) is 11.1 Å². The first kappa shape index (κ1) is 9.86. The number of hydrogen-bond donors (Lipinski definition) is 2. The second-order valence-electron chi connectivity index (χ2n) is 2.85. The van der Waals surface area contributed by atoms with Crippen molar-refractivity contribution in [3.63, 3.8) is 0 Å². The number of hydrogen-bond acceptors (Lipinski definition) is 2. The van der Waals surface area contributed by atoms with E-state index in [1.54, 1.807) is 6.07 Å². The standard InChI is InChI=1S/C9H11ClN2O/c1-6-4-7(2-3-8(6)10)5-9(11)12-13/h2-4,13H,5H2,1H3,(H2,11,12). The maximum Gasteiger partial charge on any atom is 0.143 e. The number of aryl methyl sites for hydroxylation is 1. The molecule has 0 saturated carbocycles. The van der Waals surface area contributed by atoms with Gasteiger partial charge in [0, 0.05) is 11.4 Å². The van der Waals surface area contributed by atoms with Gasteiger partial charge in [-0.05, 0) is 24.1 Å². The molecule has 0 atom stereocenters. The SMILES string of the molecule is Cc1cc(C/C(N)=N/O)ccc1Cl. The van der Waals surface area contributed by atoms with Gasteiger partial charge in [-0.3, -0.25) is 0 Å². The second-order valence-corrected chi connectivity index (χ2v) is 3.26. The summed E-state index contributed by atoms with van der Waals surface area (Å²) in [7, 11) is 0. The Bertz CT molecular complexity index is 336. The lowest BCUT2D eigenvalue weighted by atomic mass is 10.1. The van der Waals surface area contributed by atoms with Crippen molar-refractivity contribution >= 4 is 17.4 Å². The molecule has 0 bridgehead atoms. The Kier molecular flexibility index (Phi) is 3.14. The lowest BCUT2D eigenvalue weighted by molar-refractivity contribution is 0.317. The highest BCUT2D eigenvalue weighted by atomic mass is 35.5. The van der Waals surface area contributed by atoms with Gasteiger partial charge in [-0.25, -0.2) is 0 Å². The zero-order valence-corrected chi connectivity index (χ0v) is 8.04. The van der Waals surface area contributed by atoms with E-state index < -0.39 is 0 Å². The summed E-state index contributed by atoms with van der Waals surface area (Å²) in [5.41, 5.74) is 7.33. The van der Waals surface area contributed by atoms with E-state index in [2.05, 4.69) is 5.16 Å². The fourth-order valence-electron chi connectivity index (χ4n) is 1.06. The maximum atomic E-state index is 8.36. The Morgan fingerprint density at radius 3 is 2.85 bits per heavy atom. The number of benzene rings is 1. The summed E-state index contributed by atoms with van der Waals surface area (Å²) in [4.78, 5) is 0. The molecule has 4 heteroatoms. The Morgan fingerprint density at radius 1 is 1.62 bits per heavy atom. The van der Waals surface area contributed by atoms with Gasteiger partial charge >= 0.3 is 0 Å². The van der Waals surface area contributed by atoms with E-state index in [1.165, 1.54) is 0 Å². The zero-order chi connectivity index (χ0) is 9.84. The Balaban J connectivity index is 2.86. The van der Waals surface area contributed by atoms with Gasteiger partial charge in [-0.15, -0.1) is 0 Å². The third-order valence-electron chi connectivity index (χ3n) is 1.74. The number of halogens is 1. The summed E-state index contributed by atoms with van der Waals surface area (Å²) in [5.74, 6) is 0.196. The van der Waals surface area contributed by atoms with Crippen molar-refractivity contribution in [1.82, 2.24) is 0 Å². The Labute approximate surface area is 81.8 Å². The second kappa shape index (κ2) is 4.14. The van der Waals surface area contributed by atoms with Crippen LogP contribution in [-0.4, -0.2) is 11.0 Å². The van der Waals surface area contributed by atoms with E-state index in [-0.39, 0.29) is 5.84 Å². The van der Waals surface area contributed by atoms with Gasteiger partial charge in [0.25, 0.3) is 0 Å². The molecule has 3 nitrogen and oxygen atoms in total. The highest BCUT2D eigenvalue weighted by molar-refractivity contribution is 6.31. The lowest BCUT2D eigenvalue weighted by Gasteiger charge is -2.02. The fraction of sp³-hybridized carbons (Fsp3) is 0.222. The molecule has 0 unspecified atom stereocenters. The quantitative estimate of drug-likeness (QED) is 0.330. The molecule has 1 aromatic carbocycles. The van der Waals surface area contributed by atoms with Crippen LogP contribution < -0.4 is 5.73 Å². The lowest BCUT2D eigenvalue weighted by Crippen LogP contribution is -2.14. The minimum atomic E-state index is 0.196. The number of nitrogens with zero attached hydrogens (tertiary/aromatic N) is 1. The van der Waals surface area contributed by atoms with Crippen molar-refractivity contribution < 1.29 is 5.21 Å². The molecule has 0 aliphatic carbocycles. The summed E-state index contributed by atoms with van der Waals surface area (Å²) in [6.45, 7) is 1.91. The van der Waals surface area contributed by atoms with Gasteiger partial charge in [-0.2, -0.15) is 0 Å². The molecule has 1 rings (SSSR count). The minimum absolute atomic E-state index is 0.196. The molecule has 1 aromatic rings. The molecule has 0 aliphatic heterocycles. The third-order valence-corrected chi connectivity index (χ3v) is 2.16. The van der Waals surface area contributed by atoms with Crippen LogP contribution in [0.15, 0.2) is 23.4 Å². The van der Waals surface area contributed by atoms with Crippen molar-refractivity contribution in [1.29, 1.82) is 0 Å². The van der Waals surface area contributed by atoms with Crippen LogP contribution in [0.5, 0.6) is 0 Å². The molecule has 0 aliphatic rings. The van der Waals surface area contributed by atoms with E-state index >= 15 is 0 Å². The van der Waals surface area contributed by atoms with Crippen molar-refractivity contribution in [2.24, 2.45) is 10.9 Å². The van der Waals surface area contributed by atoms with E-state index in [0.717, 1.165) is 16.1 Å². The minimum Gasteiger partial charge on any atom is -0.409 e. The number of nitrogens with two attached hydrogens (primary N) is 1. The molecule has 0 radical (unpaired) electrons. The molecular weight excluding hydrogens is 188 g/mol. The molecule has 0 heterocycles. The predicted octanol–water partition coefficient (Wildman–Crippen LogP) is 1.94. The summed E-state index contributed by atoms with van der Waals surface area (Å²) in [5, 5.41) is 12.0. The largest absolute Gasteiger partial charge is 0.409 e. The molecule has 0 amide bonds. The van der Waals surface area contributed by atoms with Crippen molar-refractivity contribution in [3.8, 4) is 0 Å². The molecule has 70 valence electrons. The van der Waals surface area contributed by atoms with Crippen LogP contribution in [0, 0.1) is 6.92 Å². The monoisotopic (exact) mass is 198 g/mol. The zero-order valence-electron chi connectivity index (χ0n) is 7.29. The number of amidine groups is 1. The van der Waals surface area contributed by atoms with Gasteiger partial charge < -0.3 is 10.9 Å². The van der Waals surface area contributed by atoms with Gasteiger partial charge in [0.2, 0.25) is 0 Å². The normalized spacial score (nSPS) is 11.7. The third kappa shape index (κ3) is 2.63. The maximum absolute atomic E-state index is 8.36. The van der Waals surface area contributed by atoms with Crippen LogP contribution in [-0.2, 0) is 6.42 Å². The molecule has 0 fully saturated rings. The van der Waals surface area contributed by atoms with Crippen molar-refractivity contribution in [3.05, 3.63) is 34.3 Å². The van der Waals surface area contributed by atoms with Crippen LogP contribution in [0.3, 0.4) is 0 Å². The molecule has 0 saturated heterocycles. The molecule has 0 aromatic heterocycles. The van der Waals surface area contributed by atoms with Crippen LogP contribution in [0.4, 0.5) is 0 Å². The Hall–Kier alpha value is -1.22.